The highest BCUT2D eigenvalue weighted by Crippen LogP contribution is 2.36. The molecule has 2 aromatic carbocycles. The van der Waals surface area contributed by atoms with Crippen LogP contribution in [-0.4, -0.2) is 62.7 Å². The van der Waals surface area contributed by atoms with Crippen LogP contribution in [0.15, 0.2) is 65.5 Å². The molecule has 4 atom stereocenters. The van der Waals surface area contributed by atoms with E-state index in [1.807, 2.05) is 85.8 Å². The number of likely N-dealkylation sites (tertiary alicyclic amines) is 2. The van der Waals surface area contributed by atoms with Crippen LogP contribution in [0.4, 0.5) is 4.79 Å². The van der Waals surface area contributed by atoms with E-state index in [9.17, 15) is 14.7 Å². The van der Waals surface area contributed by atoms with Crippen LogP contribution in [0.2, 0.25) is 0 Å². The van der Waals surface area contributed by atoms with Gasteiger partial charge in [-0.15, -0.1) is 11.3 Å². The van der Waals surface area contributed by atoms with E-state index in [0.717, 1.165) is 42.6 Å². The minimum Gasteiger partial charge on any atom is -0.444 e. The normalized spacial score (nSPS) is 22.2. The lowest BCUT2D eigenvalue weighted by molar-refractivity contribution is -0.00453. The van der Waals surface area contributed by atoms with Crippen molar-refractivity contribution in [2.75, 3.05) is 13.1 Å². The van der Waals surface area contributed by atoms with Gasteiger partial charge in [-0.25, -0.2) is 9.78 Å². The van der Waals surface area contributed by atoms with E-state index in [2.05, 4.69) is 10.4 Å². The summed E-state index contributed by atoms with van der Waals surface area (Å²) in [4.78, 5) is 34.8. The maximum atomic E-state index is 13.4. The number of hydrogen-bond acceptors (Lipinski definition) is 6. The summed E-state index contributed by atoms with van der Waals surface area (Å²) < 4.78 is 5.78. The molecule has 0 saturated carbocycles. The van der Waals surface area contributed by atoms with Crippen molar-refractivity contribution in [2.45, 2.75) is 82.6 Å². The summed E-state index contributed by atoms with van der Waals surface area (Å²) in [5.74, 6) is 0.345. The minimum atomic E-state index is -0.795. The smallest absolute Gasteiger partial charge is 0.410 e. The summed E-state index contributed by atoms with van der Waals surface area (Å²) in [6, 6.07) is 16.8. The number of benzene rings is 2. The average Bonchev–Trinajstić information content (AvgIpc) is 3.63. The molecule has 0 spiro atoms. The molecule has 2 fully saturated rings. The van der Waals surface area contributed by atoms with Crippen molar-refractivity contribution < 1.29 is 19.4 Å². The summed E-state index contributed by atoms with van der Waals surface area (Å²) in [6.45, 7) is 7.03. The standard InChI is InChI=1S/C32H39N3O4S/c1-32(2,3)39-31(38)35-26(15-16-28(35)29(36)23-8-5-4-6-9-23)18-22-11-13-24(14-12-22)30(37)34-17-7-10-25(19-34)27-20-40-21-33-27/h4-6,8-9,11-14,20-21,25-26,28-29,36H,7,10,15-19H2,1-3H3/t25?,26-,28+,29+/m0/s1. The van der Waals surface area contributed by atoms with Gasteiger partial charge in [-0.05, 0) is 76.1 Å². The van der Waals surface area contributed by atoms with Crippen LogP contribution in [0.5, 0.6) is 0 Å². The first-order chi connectivity index (χ1) is 19.2. The summed E-state index contributed by atoms with van der Waals surface area (Å²) in [5, 5.41) is 13.3. The molecule has 3 heterocycles. The van der Waals surface area contributed by atoms with Gasteiger partial charge in [0.15, 0.2) is 0 Å². The van der Waals surface area contributed by atoms with E-state index in [0.29, 0.717) is 30.9 Å². The largest absolute Gasteiger partial charge is 0.444 e. The van der Waals surface area contributed by atoms with Gasteiger partial charge in [0, 0.05) is 36.0 Å². The summed E-state index contributed by atoms with van der Waals surface area (Å²) >= 11 is 1.60. The number of carbonyl (C=O) groups is 2. The van der Waals surface area contributed by atoms with Crippen molar-refractivity contribution in [1.82, 2.24) is 14.8 Å². The number of ether oxygens (including phenoxy) is 1. The molecule has 0 bridgehead atoms. The fourth-order valence-corrected chi connectivity index (χ4v) is 6.59. The van der Waals surface area contributed by atoms with Gasteiger partial charge in [0.25, 0.3) is 5.91 Å². The van der Waals surface area contributed by atoms with Gasteiger partial charge in [0.05, 0.1) is 23.4 Å². The number of amides is 2. The minimum absolute atomic E-state index is 0.0498. The fraction of sp³-hybridized carbons (Fsp3) is 0.469. The first kappa shape index (κ1) is 28.3. The highest BCUT2D eigenvalue weighted by atomic mass is 32.1. The van der Waals surface area contributed by atoms with Gasteiger partial charge in [-0.2, -0.15) is 0 Å². The Labute approximate surface area is 240 Å². The SMILES string of the molecule is CC(C)(C)OC(=O)N1[C@H](Cc2ccc(C(=O)N3CCCC(c4cscn4)C3)cc2)CC[C@@H]1[C@H](O)c1ccccc1. The molecule has 212 valence electrons. The van der Waals surface area contributed by atoms with E-state index < -0.39 is 17.8 Å². The number of rotatable bonds is 6. The van der Waals surface area contributed by atoms with Gasteiger partial charge in [0.1, 0.15) is 5.60 Å². The lowest BCUT2D eigenvalue weighted by Gasteiger charge is -2.35. The Kier molecular flexibility index (Phi) is 8.57. The number of thiazole rings is 1. The zero-order valence-corrected chi connectivity index (χ0v) is 24.3. The third kappa shape index (κ3) is 6.56. The van der Waals surface area contributed by atoms with Crippen molar-refractivity contribution in [1.29, 1.82) is 0 Å². The van der Waals surface area contributed by atoms with Gasteiger partial charge >= 0.3 is 6.09 Å². The third-order valence-corrected chi connectivity index (χ3v) is 8.51. The Balaban J connectivity index is 1.28. The van der Waals surface area contributed by atoms with Crippen LogP contribution in [0, 0.1) is 0 Å². The summed E-state index contributed by atoms with van der Waals surface area (Å²) in [7, 11) is 0. The van der Waals surface area contributed by atoms with Crippen molar-refractivity contribution in [3.05, 3.63) is 87.9 Å². The Bertz CT molecular complexity index is 1270. The Hall–Kier alpha value is -3.23. The molecule has 2 amide bonds. The molecule has 2 aliphatic heterocycles. The second-order valence-corrected chi connectivity index (χ2v) is 12.7. The van der Waals surface area contributed by atoms with Gasteiger partial charge in [-0.3, -0.25) is 9.69 Å². The Morgan fingerprint density at radius 2 is 1.82 bits per heavy atom. The molecule has 1 N–H and O–H groups in total. The van der Waals surface area contributed by atoms with Crippen molar-refractivity contribution in [2.24, 2.45) is 0 Å². The lowest BCUT2D eigenvalue weighted by atomic mass is 9.94. The predicted octanol–water partition coefficient (Wildman–Crippen LogP) is 6.21. The quantitative estimate of drug-likeness (QED) is 0.387. The molecule has 40 heavy (non-hydrogen) atoms. The summed E-state index contributed by atoms with van der Waals surface area (Å²) in [6.07, 6.45) is 2.91. The number of carbonyl (C=O) groups excluding carboxylic acids is 2. The average molecular weight is 562 g/mol. The molecule has 2 aliphatic rings. The first-order valence-electron chi connectivity index (χ1n) is 14.2. The highest BCUT2D eigenvalue weighted by molar-refractivity contribution is 7.07. The van der Waals surface area contributed by atoms with Crippen LogP contribution < -0.4 is 0 Å². The van der Waals surface area contributed by atoms with Crippen LogP contribution in [0.1, 0.15) is 85.7 Å². The van der Waals surface area contributed by atoms with E-state index in [1.54, 1.807) is 16.2 Å². The molecule has 2 saturated heterocycles. The molecular formula is C32H39N3O4S. The van der Waals surface area contributed by atoms with Gasteiger partial charge < -0.3 is 14.7 Å². The topological polar surface area (TPSA) is 83.0 Å². The Morgan fingerprint density at radius 3 is 2.50 bits per heavy atom. The number of piperidine rings is 1. The third-order valence-electron chi connectivity index (χ3n) is 7.91. The monoisotopic (exact) mass is 561 g/mol. The Morgan fingerprint density at radius 1 is 1.07 bits per heavy atom. The van der Waals surface area contributed by atoms with E-state index in [1.165, 1.54) is 0 Å². The van der Waals surface area contributed by atoms with E-state index in [-0.39, 0.29) is 18.0 Å². The van der Waals surface area contributed by atoms with Gasteiger partial charge in [0.2, 0.25) is 0 Å². The molecular weight excluding hydrogens is 522 g/mol. The predicted molar refractivity (Wildman–Crippen MR) is 156 cm³/mol. The zero-order valence-electron chi connectivity index (χ0n) is 23.5. The number of aromatic nitrogens is 1. The van der Waals surface area contributed by atoms with E-state index >= 15 is 0 Å². The van der Waals surface area contributed by atoms with E-state index in [4.69, 9.17) is 4.74 Å². The molecule has 8 heteroatoms. The molecule has 3 aromatic rings. The number of hydrogen-bond donors (Lipinski definition) is 1. The van der Waals surface area contributed by atoms with Crippen LogP contribution in [0.3, 0.4) is 0 Å². The maximum Gasteiger partial charge on any atom is 0.410 e. The molecule has 0 aliphatic carbocycles. The maximum absolute atomic E-state index is 13.4. The molecule has 7 nitrogen and oxygen atoms in total. The van der Waals surface area contributed by atoms with Crippen LogP contribution >= 0.6 is 11.3 Å². The molecule has 0 radical (unpaired) electrons. The van der Waals surface area contributed by atoms with Crippen molar-refractivity contribution >= 4 is 23.3 Å². The second-order valence-electron chi connectivity index (χ2n) is 11.9. The summed E-state index contributed by atoms with van der Waals surface area (Å²) in [5.41, 5.74) is 4.81. The van der Waals surface area contributed by atoms with Gasteiger partial charge in [-0.1, -0.05) is 42.5 Å². The van der Waals surface area contributed by atoms with Crippen LogP contribution in [0.25, 0.3) is 0 Å². The number of nitrogens with zero attached hydrogens (tertiary/aromatic N) is 3. The first-order valence-corrected chi connectivity index (χ1v) is 15.1. The lowest BCUT2D eigenvalue weighted by Crippen LogP contribution is -2.47. The zero-order chi connectivity index (χ0) is 28.3. The molecule has 5 rings (SSSR count). The number of aliphatic hydroxyl groups excluding tert-OH is 1. The fourth-order valence-electron chi connectivity index (χ4n) is 5.96. The highest BCUT2D eigenvalue weighted by Gasteiger charge is 2.43. The van der Waals surface area contributed by atoms with Crippen LogP contribution in [-0.2, 0) is 11.2 Å². The second kappa shape index (κ2) is 12.1. The number of aliphatic hydroxyl groups is 1. The molecule has 1 aromatic heterocycles. The molecule has 1 unspecified atom stereocenters. The van der Waals surface area contributed by atoms with Crippen molar-refractivity contribution in [3.63, 3.8) is 0 Å². The van der Waals surface area contributed by atoms with Crippen molar-refractivity contribution in [3.8, 4) is 0 Å².